The number of unbranched alkanes of at least 4 members (excludes halogenated alkanes) is 25. The monoisotopic (exact) mass is 966 g/mol. The predicted molar refractivity (Wildman–Crippen MR) is 291 cm³/mol. The largest absolute Gasteiger partial charge is 0.544 e. The fourth-order valence-corrected chi connectivity index (χ4v) is 8.21. The lowest BCUT2D eigenvalue weighted by Crippen LogP contribution is -2.55. The second-order valence-corrected chi connectivity index (χ2v) is 20.1. The van der Waals surface area contributed by atoms with Crippen LogP contribution in [-0.4, -0.2) is 75.5 Å². The van der Waals surface area contributed by atoms with E-state index in [1.807, 2.05) is 0 Å². The molecular formula is C61H107NO7. The summed E-state index contributed by atoms with van der Waals surface area (Å²) in [5.41, 5.74) is 0. The lowest BCUT2D eigenvalue weighted by molar-refractivity contribution is -0.889. The van der Waals surface area contributed by atoms with Crippen molar-refractivity contribution in [2.24, 2.45) is 0 Å². The Labute approximate surface area is 425 Å². The van der Waals surface area contributed by atoms with Crippen molar-refractivity contribution in [3.05, 3.63) is 72.9 Å². The molecule has 398 valence electrons. The first kappa shape index (κ1) is 65.8. The minimum Gasteiger partial charge on any atom is -0.544 e. The Bertz CT molecular complexity index is 1360. The third-order valence-electron chi connectivity index (χ3n) is 12.6. The molecule has 0 aromatic carbocycles. The maximum absolute atomic E-state index is 12.8. The van der Waals surface area contributed by atoms with Gasteiger partial charge < -0.3 is 28.6 Å². The van der Waals surface area contributed by atoms with Crippen molar-refractivity contribution in [2.75, 3.05) is 41.0 Å². The van der Waals surface area contributed by atoms with Crippen molar-refractivity contribution in [3.8, 4) is 0 Å². The van der Waals surface area contributed by atoms with Gasteiger partial charge in [0.2, 0.25) is 0 Å². The van der Waals surface area contributed by atoms with Gasteiger partial charge in [-0.05, 0) is 83.5 Å². The molecule has 0 amide bonds. The Morgan fingerprint density at radius 3 is 1.20 bits per heavy atom. The number of likely N-dealkylation sites (N-methyl/N-ethyl adjacent to an activating group) is 1. The van der Waals surface area contributed by atoms with Gasteiger partial charge in [0.05, 0.1) is 40.3 Å². The van der Waals surface area contributed by atoms with E-state index in [4.69, 9.17) is 14.2 Å². The molecule has 0 aliphatic rings. The lowest BCUT2D eigenvalue weighted by atomic mass is 10.0. The van der Waals surface area contributed by atoms with E-state index in [0.29, 0.717) is 12.8 Å². The van der Waals surface area contributed by atoms with Gasteiger partial charge in [-0.1, -0.05) is 215 Å². The normalized spacial score (nSPS) is 13.3. The summed E-state index contributed by atoms with van der Waals surface area (Å²) >= 11 is 0. The zero-order valence-electron chi connectivity index (χ0n) is 45.5. The maximum Gasteiger partial charge on any atom is 0.306 e. The summed E-state index contributed by atoms with van der Waals surface area (Å²) in [4.78, 5) is 37.2. The molecule has 0 fully saturated rings. The van der Waals surface area contributed by atoms with E-state index >= 15 is 0 Å². The quantitative estimate of drug-likeness (QED) is 0.0259. The Balaban J connectivity index is 4.18. The minimum atomic E-state index is -1.13. The van der Waals surface area contributed by atoms with Gasteiger partial charge in [-0.25, -0.2) is 0 Å². The zero-order valence-corrected chi connectivity index (χ0v) is 45.5. The van der Waals surface area contributed by atoms with Crippen molar-refractivity contribution < 1.29 is 38.2 Å². The summed E-state index contributed by atoms with van der Waals surface area (Å²) in [6.07, 6.45) is 66.5. The number of carboxylic acid groups (broad SMARTS) is 1. The number of aliphatic carboxylic acids is 1. The van der Waals surface area contributed by atoms with Crippen LogP contribution in [0.25, 0.3) is 0 Å². The highest BCUT2D eigenvalue weighted by Gasteiger charge is 2.25. The molecule has 0 saturated heterocycles. The van der Waals surface area contributed by atoms with Crippen molar-refractivity contribution in [2.45, 2.75) is 257 Å². The van der Waals surface area contributed by atoms with Crippen LogP contribution in [-0.2, 0) is 28.6 Å². The molecule has 69 heavy (non-hydrogen) atoms. The number of rotatable bonds is 51. The summed E-state index contributed by atoms with van der Waals surface area (Å²) in [7, 11) is 5.42. The van der Waals surface area contributed by atoms with E-state index in [0.717, 1.165) is 77.0 Å². The fourth-order valence-electron chi connectivity index (χ4n) is 8.21. The van der Waals surface area contributed by atoms with E-state index in [-0.39, 0.29) is 42.7 Å². The molecule has 0 spiro atoms. The van der Waals surface area contributed by atoms with Gasteiger partial charge in [0, 0.05) is 19.3 Å². The van der Waals surface area contributed by atoms with Crippen molar-refractivity contribution >= 4 is 17.9 Å². The van der Waals surface area contributed by atoms with Crippen LogP contribution in [0.15, 0.2) is 72.9 Å². The van der Waals surface area contributed by atoms with Crippen LogP contribution in [0, 0.1) is 0 Å². The number of carbonyl (C=O) groups excluding carboxylic acids is 3. The van der Waals surface area contributed by atoms with Gasteiger partial charge in [0.25, 0.3) is 0 Å². The number of carboxylic acids is 1. The van der Waals surface area contributed by atoms with Crippen LogP contribution in [0.5, 0.6) is 0 Å². The standard InChI is InChI=1S/C61H107NO7/c1-6-8-10-12-14-16-18-20-22-24-26-28-30-32-33-35-37-39-41-43-45-47-49-51-59(63)68-56-57(55-67-54-53-58(61(65)66)62(3,4)5)69-60(64)52-50-48-46-44-42-40-38-36-34-31-29-27-25-23-21-19-17-15-13-11-9-7-2/h8,10,14-17,20-23,27,29,57-58H,6-7,9,11-13,18-19,24-26,28,30-56H2,1-5H3/b10-8+,16-14+,17-15+,22-20+,23-21+,29-27+. The molecular weight excluding hydrogens is 859 g/mol. The number of quaternary nitrogens is 1. The second-order valence-electron chi connectivity index (χ2n) is 20.1. The van der Waals surface area contributed by atoms with Gasteiger partial charge in [0.15, 0.2) is 6.10 Å². The summed E-state index contributed by atoms with van der Waals surface area (Å²) < 4.78 is 17.3. The summed E-state index contributed by atoms with van der Waals surface area (Å²) in [5.74, 6) is -1.74. The number of allylic oxidation sites excluding steroid dienone is 12. The minimum absolute atomic E-state index is 0.0369. The van der Waals surface area contributed by atoms with Crippen LogP contribution in [0.1, 0.15) is 245 Å². The Morgan fingerprint density at radius 2 is 0.812 bits per heavy atom. The van der Waals surface area contributed by atoms with Crippen LogP contribution in [0.4, 0.5) is 0 Å². The van der Waals surface area contributed by atoms with Crippen LogP contribution >= 0.6 is 0 Å². The van der Waals surface area contributed by atoms with E-state index in [2.05, 4.69) is 86.8 Å². The average molecular weight is 967 g/mol. The SMILES string of the molecule is CC/C=C/C/C=C/C/C=C/CCCCCCCCCCCCCCCC(=O)OCC(COCCC(C(=O)[O-])[N+](C)(C)C)OC(=O)CCCCCCCCCCC/C=C/C/C=C/C/C=C/CCCCC. The number of ether oxygens (including phenoxy) is 3. The highest BCUT2D eigenvalue weighted by atomic mass is 16.6. The number of esters is 2. The first-order valence-corrected chi connectivity index (χ1v) is 28.5. The summed E-state index contributed by atoms with van der Waals surface area (Å²) in [6, 6.07) is -0.730. The first-order chi connectivity index (χ1) is 33.6. The van der Waals surface area contributed by atoms with Gasteiger partial charge in [0.1, 0.15) is 12.6 Å². The third-order valence-corrected chi connectivity index (χ3v) is 12.6. The van der Waals surface area contributed by atoms with Crippen molar-refractivity contribution in [3.63, 3.8) is 0 Å². The van der Waals surface area contributed by atoms with E-state index in [9.17, 15) is 19.5 Å². The van der Waals surface area contributed by atoms with Crippen LogP contribution in [0.3, 0.4) is 0 Å². The maximum atomic E-state index is 12.8. The molecule has 8 nitrogen and oxygen atoms in total. The van der Waals surface area contributed by atoms with Crippen molar-refractivity contribution in [1.82, 2.24) is 0 Å². The molecule has 0 heterocycles. The molecule has 0 N–H and O–H groups in total. The summed E-state index contributed by atoms with van der Waals surface area (Å²) in [5, 5.41) is 11.7. The highest BCUT2D eigenvalue weighted by molar-refractivity contribution is 5.70. The number of hydrogen-bond acceptors (Lipinski definition) is 7. The van der Waals surface area contributed by atoms with Gasteiger partial charge in [-0.2, -0.15) is 0 Å². The van der Waals surface area contributed by atoms with Crippen LogP contribution < -0.4 is 5.11 Å². The lowest BCUT2D eigenvalue weighted by Gasteiger charge is -2.34. The number of carbonyl (C=O) groups is 3. The van der Waals surface area contributed by atoms with Crippen molar-refractivity contribution in [1.29, 1.82) is 0 Å². The molecule has 2 unspecified atom stereocenters. The molecule has 0 aromatic rings. The van der Waals surface area contributed by atoms with Gasteiger partial charge in [-0.15, -0.1) is 0 Å². The first-order valence-electron chi connectivity index (χ1n) is 28.5. The molecule has 0 radical (unpaired) electrons. The number of nitrogens with zero attached hydrogens (tertiary/aromatic N) is 1. The average Bonchev–Trinajstić information content (AvgIpc) is 3.31. The Hall–Kier alpha value is -3.23. The van der Waals surface area contributed by atoms with E-state index < -0.39 is 18.1 Å². The van der Waals surface area contributed by atoms with Gasteiger partial charge in [-0.3, -0.25) is 9.59 Å². The molecule has 0 aliphatic heterocycles. The molecule has 0 rings (SSSR count). The molecule has 8 heteroatoms. The predicted octanol–water partition coefficient (Wildman–Crippen LogP) is 15.7. The summed E-state index contributed by atoms with van der Waals surface area (Å²) in [6.45, 7) is 4.55. The van der Waals surface area contributed by atoms with Crippen LogP contribution in [0.2, 0.25) is 0 Å². The van der Waals surface area contributed by atoms with E-state index in [1.165, 1.54) is 135 Å². The molecule has 2 atom stereocenters. The Kier molecular flexibility index (Phi) is 48.7. The van der Waals surface area contributed by atoms with Gasteiger partial charge >= 0.3 is 11.9 Å². The topological polar surface area (TPSA) is 102 Å². The third kappa shape index (κ3) is 49.5. The molecule has 0 saturated carbocycles. The molecule has 0 bridgehead atoms. The fraction of sp³-hybridized carbons (Fsp3) is 0.754. The van der Waals surface area contributed by atoms with E-state index in [1.54, 1.807) is 21.1 Å². The highest BCUT2D eigenvalue weighted by Crippen LogP contribution is 2.16. The zero-order chi connectivity index (χ0) is 50.6. The Morgan fingerprint density at radius 1 is 0.449 bits per heavy atom. The number of hydrogen-bond donors (Lipinski definition) is 0. The smallest absolute Gasteiger partial charge is 0.306 e. The second kappa shape index (κ2) is 51.1. The molecule has 0 aliphatic carbocycles. The molecule has 0 aromatic heterocycles.